The summed E-state index contributed by atoms with van der Waals surface area (Å²) in [7, 11) is 0. The molecule has 0 saturated heterocycles. The first-order valence-corrected chi connectivity index (χ1v) is 6.27. The highest BCUT2D eigenvalue weighted by molar-refractivity contribution is 5.24. The fourth-order valence-electron chi connectivity index (χ4n) is 2.52. The van der Waals surface area contributed by atoms with E-state index in [2.05, 4.69) is 10.3 Å². The molecule has 1 aliphatic heterocycles. The zero-order valence-electron chi connectivity index (χ0n) is 10.8. The second kappa shape index (κ2) is 4.57. The van der Waals surface area contributed by atoms with Gasteiger partial charge in [-0.2, -0.15) is 13.2 Å². The van der Waals surface area contributed by atoms with Crippen LogP contribution in [0.15, 0.2) is 0 Å². The van der Waals surface area contributed by atoms with Crippen molar-refractivity contribution in [3.63, 3.8) is 0 Å². The van der Waals surface area contributed by atoms with Crippen LogP contribution in [0.3, 0.4) is 0 Å². The van der Waals surface area contributed by atoms with E-state index in [1.807, 2.05) is 20.8 Å². The van der Waals surface area contributed by atoms with E-state index in [4.69, 9.17) is 0 Å². The van der Waals surface area contributed by atoms with E-state index < -0.39 is 11.9 Å². The minimum absolute atomic E-state index is 0.0151. The fraction of sp³-hybridized carbons (Fsp3) is 0.750. The number of nitrogens with one attached hydrogen (secondary N) is 1. The molecule has 18 heavy (non-hydrogen) atoms. The monoisotopic (exact) mass is 261 g/mol. The van der Waals surface area contributed by atoms with Crippen molar-refractivity contribution in [2.24, 2.45) is 0 Å². The number of fused-ring (bicyclic) bond motifs is 1. The number of hydrogen-bond acceptors (Lipinski definition) is 2. The third-order valence-corrected chi connectivity index (χ3v) is 3.34. The molecule has 0 saturated carbocycles. The summed E-state index contributed by atoms with van der Waals surface area (Å²) in [6, 6.07) is -0.116. The lowest BCUT2D eigenvalue weighted by Crippen LogP contribution is -2.35. The van der Waals surface area contributed by atoms with E-state index in [0.717, 1.165) is 0 Å². The summed E-state index contributed by atoms with van der Waals surface area (Å²) in [4.78, 5) is 3.85. The molecule has 6 heteroatoms. The van der Waals surface area contributed by atoms with Crippen LogP contribution in [0.25, 0.3) is 0 Å². The van der Waals surface area contributed by atoms with Crippen molar-refractivity contribution in [1.82, 2.24) is 14.9 Å². The standard InChI is InChI=1S/C12H18F3N3/c1-4-5-9-10(12(13,14)15)17-11-8(3)16-6-7(2)18(9)11/h7-8,16H,4-6H2,1-3H3/t7-,8-/m1/s1. The van der Waals surface area contributed by atoms with Gasteiger partial charge in [0.2, 0.25) is 0 Å². The van der Waals surface area contributed by atoms with Crippen molar-refractivity contribution in [2.75, 3.05) is 6.54 Å². The summed E-state index contributed by atoms with van der Waals surface area (Å²) in [5, 5.41) is 3.17. The summed E-state index contributed by atoms with van der Waals surface area (Å²) < 4.78 is 40.8. The Bertz CT molecular complexity index is 437. The number of halogens is 3. The first-order chi connectivity index (χ1) is 8.36. The molecule has 0 bridgehead atoms. The molecule has 0 spiro atoms. The van der Waals surface area contributed by atoms with Gasteiger partial charge in [0.1, 0.15) is 5.82 Å². The van der Waals surface area contributed by atoms with Crippen LogP contribution in [0, 0.1) is 0 Å². The van der Waals surface area contributed by atoms with Crippen molar-refractivity contribution in [3.05, 3.63) is 17.2 Å². The quantitative estimate of drug-likeness (QED) is 0.886. The second-order valence-electron chi connectivity index (χ2n) is 4.86. The van der Waals surface area contributed by atoms with Crippen LogP contribution in [0.1, 0.15) is 56.5 Å². The van der Waals surface area contributed by atoms with Gasteiger partial charge >= 0.3 is 6.18 Å². The molecule has 1 N–H and O–H groups in total. The molecule has 2 rings (SSSR count). The van der Waals surface area contributed by atoms with Gasteiger partial charge in [0, 0.05) is 12.6 Å². The average Bonchev–Trinajstić information content (AvgIpc) is 2.65. The van der Waals surface area contributed by atoms with Gasteiger partial charge in [0.25, 0.3) is 0 Å². The first kappa shape index (κ1) is 13.4. The Morgan fingerprint density at radius 2 is 2.06 bits per heavy atom. The number of aromatic nitrogens is 2. The Morgan fingerprint density at radius 3 is 2.61 bits per heavy atom. The lowest BCUT2D eigenvalue weighted by molar-refractivity contribution is -0.141. The van der Waals surface area contributed by atoms with E-state index in [1.54, 1.807) is 4.57 Å². The number of hydrogen-bond donors (Lipinski definition) is 1. The van der Waals surface area contributed by atoms with Crippen LogP contribution in [-0.2, 0) is 12.6 Å². The first-order valence-electron chi connectivity index (χ1n) is 6.27. The van der Waals surface area contributed by atoms with Crippen LogP contribution in [-0.4, -0.2) is 16.1 Å². The summed E-state index contributed by atoms with van der Waals surface area (Å²) in [5.74, 6) is 0.504. The number of imidazole rings is 1. The molecule has 1 aliphatic rings. The molecule has 0 aromatic carbocycles. The maximum absolute atomic E-state index is 13.0. The average molecular weight is 261 g/mol. The topological polar surface area (TPSA) is 29.9 Å². The predicted octanol–water partition coefficient (Wildman–Crippen LogP) is 3.08. The van der Waals surface area contributed by atoms with E-state index in [9.17, 15) is 13.2 Å². The zero-order valence-corrected chi connectivity index (χ0v) is 10.8. The molecular formula is C12H18F3N3. The number of alkyl halides is 3. The van der Waals surface area contributed by atoms with Crippen molar-refractivity contribution in [1.29, 1.82) is 0 Å². The third-order valence-electron chi connectivity index (χ3n) is 3.34. The third kappa shape index (κ3) is 2.13. The molecule has 2 atom stereocenters. The SMILES string of the molecule is CCCc1c(C(F)(F)F)nc2n1[C@H](C)CN[C@@H]2C. The van der Waals surface area contributed by atoms with Crippen LogP contribution in [0.5, 0.6) is 0 Å². The van der Waals surface area contributed by atoms with Crippen molar-refractivity contribution < 1.29 is 13.2 Å². The van der Waals surface area contributed by atoms with Crippen LogP contribution in [0.4, 0.5) is 13.2 Å². The Morgan fingerprint density at radius 1 is 1.39 bits per heavy atom. The zero-order chi connectivity index (χ0) is 13.5. The highest BCUT2D eigenvalue weighted by Gasteiger charge is 2.40. The summed E-state index contributed by atoms with van der Waals surface area (Å²) >= 11 is 0. The molecule has 1 aromatic rings. The van der Waals surface area contributed by atoms with Crippen LogP contribution >= 0.6 is 0 Å². The lowest BCUT2D eigenvalue weighted by atomic mass is 10.1. The highest BCUT2D eigenvalue weighted by Crippen LogP contribution is 2.36. The predicted molar refractivity (Wildman–Crippen MR) is 62.4 cm³/mol. The fourth-order valence-corrected chi connectivity index (χ4v) is 2.52. The molecule has 0 aliphatic carbocycles. The summed E-state index contributed by atoms with van der Waals surface area (Å²) in [5.41, 5.74) is -0.373. The Balaban J connectivity index is 2.59. The van der Waals surface area contributed by atoms with Gasteiger partial charge < -0.3 is 9.88 Å². The van der Waals surface area contributed by atoms with Gasteiger partial charge in [-0.15, -0.1) is 0 Å². The van der Waals surface area contributed by atoms with Crippen molar-refractivity contribution in [2.45, 2.75) is 51.9 Å². The molecule has 0 radical (unpaired) electrons. The number of nitrogens with zero attached hydrogens (tertiary/aromatic N) is 2. The highest BCUT2D eigenvalue weighted by atomic mass is 19.4. The van der Waals surface area contributed by atoms with E-state index in [1.165, 1.54) is 0 Å². The molecule has 102 valence electrons. The molecular weight excluding hydrogens is 243 g/mol. The van der Waals surface area contributed by atoms with Crippen LogP contribution < -0.4 is 5.32 Å². The Kier molecular flexibility index (Phi) is 3.40. The Hall–Kier alpha value is -1.04. The van der Waals surface area contributed by atoms with Gasteiger partial charge in [0.15, 0.2) is 5.69 Å². The minimum atomic E-state index is -4.37. The van der Waals surface area contributed by atoms with Gasteiger partial charge in [-0.05, 0) is 20.3 Å². The van der Waals surface area contributed by atoms with E-state index in [-0.39, 0.29) is 12.1 Å². The molecule has 0 amide bonds. The molecule has 0 unspecified atom stereocenters. The second-order valence-corrected chi connectivity index (χ2v) is 4.86. The maximum Gasteiger partial charge on any atom is 0.435 e. The van der Waals surface area contributed by atoms with Gasteiger partial charge in [-0.25, -0.2) is 4.98 Å². The Labute approximate surface area is 104 Å². The van der Waals surface area contributed by atoms with Crippen LogP contribution in [0.2, 0.25) is 0 Å². The summed E-state index contributed by atoms with van der Waals surface area (Å²) in [6.45, 7) is 6.33. The lowest BCUT2D eigenvalue weighted by Gasteiger charge is -2.29. The summed E-state index contributed by atoms with van der Waals surface area (Å²) in [6.07, 6.45) is -3.27. The molecule has 3 nitrogen and oxygen atoms in total. The van der Waals surface area contributed by atoms with E-state index in [0.29, 0.717) is 30.9 Å². The number of rotatable bonds is 2. The van der Waals surface area contributed by atoms with Gasteiger partial charge in [-0.3, -0.25) is 0 Å². The molecule has 1 aromatic heterocycles. The minimum Gasteiger partial charge on any atom is -0.326 e. The van der Waals surface area contributed by atoms with Gasteiger partial charge in [-0.1, -0.05) is 13.3 Å². The van der Waals surface area contributed by atoms with E-state index >= 15 is 0 Å². The smallest absolute Gasteiger partial charge is 0.326 e. The van der Waals surface area contributed by atoms with Crippen molar-refractivity contribution >= 4 is 0 Å². The maximum atomic E-state index is 13.0. The molecule has 0 fully saturated rings. The van der Waals surface area contributed by atoms with Crippen molar-refractivity contribution in [3.8, 4) is 0 Å². The largest absolute Gasteiger partial charge is 0.435 e. The van der Waals surface area contributed by atoms with Gasteiger partial charge in [0.05, 0.1) is 11.7 Å². The normalized spacial score (nSPS) is 24.1. The molecule has 2 heterocycles.